The number of carbonyl (C=O) groups is 2. The lowest BCUT2D eigenvalue weighted by Crippen LogP contribution is -2.20. The molecule has 0 atom stereocenters. The fraction of sp³-hybridized carbons (Fsp3) is 0.158. The van der Waals surface area contributed by atoms with Gasteiger partial charge in [-0.25, -0.2) is 4.79 Å². The summed E-state index contributed by atoms with van der Waals surface area (Å²) in [5.74, 6) is -0.342. The van der Waals surface area contributed by atoms with E-state index in [9.17, 15) is 22.8 Å². The van der Waals surface area contributed by atoms with Crippen molar-refractivity contribution in [2.24, 2.45) is 0 Å². The zero-order chi connectivity index (χ0) is 20.6. The summed E-state index contributed by atoms with van der Waals surface area (Å²) in [5, 5.41) is 5.21. The minimum absolute atomic E-state index is 0.0826. The Bertz CT molecular complexity index is 835. The second kappa shape index (κ2) is 9.84. The highest BCUT2D eigenvalue weighted by Crippen LogP contribution is 2.36. The van der Waals surface area contributed by atoms with Crippen LogP contribution in [0.5, 0.6) is 0 Å². The second-order valence-corrected chi connectivity index (χ2v) is 6.62. The van der Waals surface area contributed by atoms with Crippen molar-refractivity contribution in [1.82, 2.24) is 5.32 Å². The summed E-state index contributed by atoms with van der Waals surface area (Å²) in [7, 11) is 1.27. The first kappa shape index (κ1) is 21.4. The van der Waals surface area contributed by atoms with E-state index in [1.807, 2.05) is 0 Å². The molecule has 2 amide bonds. The summed E-state index contributed by atoms with van der Waals surface area (Å²) in [4.78, 5) is 23.1. The molecule has 0 fully saturated rings. The number of carbonyl (C=O) groups excluding carboxylic acids is 2. The molecule has 2 N–H and O–H groups in total. The highest BCUT2D eigenvalue weighted by Gasteiger charge is 2.28. The summed E-state index contributed by atoms with van der Waals surface area (Å²) in [5.41, 5.74) is -2.33. The zero-order valence-electron chi connectivity index (χ0n) is 14.7. The third-order valence-corrected chi connectivity index (χ3v) is 4.13. The van der Waals surface area contributed by atoms with Crippen LogP contribution in [-0.4, -0.2) is 24.6 Å². The number of rotatable bonds is 6. The van der Waals surface area contributed by atoms with Crippen LogP contribution in [0.25, 0.3) is 6.08 Å². The lowest BCUT2D eigenvalue weighted by molar-refractivity contribution is -0.116. The van der Waals surface area contributed by atoms with Crippen molar-refractivity contribution in [2.45, 2.75) is 16.9 Å². The Morgan fingerprint density at radius 3 is 2.29 bits per heavy atom. The molecule has 2 rings (SSSR count). The van der Waals surface area contributed by atoms with Crippen molar-refractivity contribution in [3.63, 3.8) is 0 Å². The lowest BCUT2D eigenvalue weighted by Gasteiger charge is -2.06. The van der Waals surface area contributed by atoms with Gasteiger partial charge in [-0.3, -0.25) is 10.1 Å². The molecule has 5 nitrogen and oxygen atoms in total. The van der Waals surface area contributed by atoms with Crippen LogP contribution >= 0.6 is 11.8 Å². The van der Waals surface area contributed by atoms with Crippen molar-refractivity contribution < 1.29 is 27.5 Å². The molecule has 28 heavy (non-hydrogen) atoms. The van der Waals surface area contributed by atoms with Gasteiger partial charge in [0.2, 0.25) is 5.91 Å². The fourth-order valence-electron chi connectivity index (χ4n) is 2.08. The number of amides is 2. The minimum Gasteiger partial charge on any atom is -0.453 e. The van der Waals surface area contributed by atoms with Gasteiger partial charge < -0.3 is 10.1 Å². The summed E-state index contributed by atoms with van der Waals surface area (Å²) in [6.07, 6.45) is 2.25. The Kier molecular flexibility index (Phi) is 7.51. The standard InChI is InChI=1S/C19H17F3N2O3S/c1-27-18(26)24-15-7-2-14(3-8-15)12-23-17(25)11-6-13-4-9-16(10-5-13)28-19(20,21)22/h2-11H,12H2,1H3,(H,23,25)(H,24,26)/b11-6+. The van der Waals surface area contributed by atoms with Crippen molar-refractivity contribution in [3.8, 4) is 0 Å². The normalized spacial score (nSPS) is 11.3. The van der Waals surface area contributed by atoms with E-state index in [1.165, 1.54) is 43.5 Å². The molecule has 9 heteroatoms. The maximum Gasteiger partial charge on any atom is 0.446 e. The van der Waals surface area contributed by atoms with Crippen LogP contribution in [0.1, 0.15) is 11.1 Å². The highest BCUT2D eigenvalue weighted by atomic mass is 32.2. The van der Waals surface area contributed by atoms with E-state index >= 15 is 0 Å². The molecule has 148 valence electrons. The highest BCUT2D eigenvalue weighted by molar-refractivity contribution is 8.00. The Morgan fingerprint density at radius 1 is 1.07 bits per heavy atom. The van der Waals surface area contributed by atoms with E-state index < -0.39 is 11.6 Å². The number of nitrogens with one attached hydrogen (secondary N) is 2. The smallest absolute Gasteiger partial charge is 0.446 e. The van der Waals surface area contributed by atoms with E-state index in [1.54, 1.807) is 24.3 Å². The maximum atomic E-state index is 12.3. The molecule has 0 unspecified atom stereocenters. The van der Waals surface area contributed by atoms with Gasteiger partial charge >= 0.3 is 11.6 Å². The zero-order valence-corrected chi connectivity index (χ0v) is 15.6. The SMILES string of the molecule is COC(=O)Nc1ccc(CNC(=O)/C=C/c2ccc(SC(F)(F)F)cc2)cc1. The van der Waals surface area contributed by atoms with Crippen LogP contribution in [0.2, 0.25) is 0 Å². The van der Waals surface area contributed by atoms with Crippen molar-refractivity contribution in [1.29, 1.82) is 0 Å². The first-order chi connectivity index (χ1) is 13.2. The molecule has 0 saturated heterocycles. The molecule has 0 radical (unpaired) electrons. The lowest BCUT2D eigenvalue weighted by atomic mass is 10.2. The van der Waals surface area contributed by atoms with Crippen LogP contribution in [0.15, 0.2) is 59.5 Å². The molecule has 0 aromatic heterocycles. The van der Waals surface area contributed by atoms with Gasteiger partial charge in [-0.2, -0.15) is 13.2 Å². The first-order valence-corrected chi connectivity index (χ1v) is 8.82. The molecule has 2 aromatic carbocycles. The fourth-order valence-corrected chi connectivity index (χ4v) is 2.61. The van der Waals surface area contributed by atoms with E-state index in [2.05, 4.69) is 15.4 Å². The molecule has 0 aliphatic heterocycles. The van der Waals surface area contributed by atoms with Crippen LogP contribution in [0.3, 0.4) is 0 Å². The monoisotopic (exact) mass is 410 g/mol. The van der Waals surface area contributed by atoms with Gasteiger partial charge in [-0.1, -0.05) is 24.3 Å². The molecule has 0 aliphatic rings. The van der Waals surface area contributed by atoms with Gasteiger partial charge in [0.1, 0.15) is 0 Å². The molecule has 0 saturated carbocycles. The molecule has 0 spiro atoms. The quantitative estimate of drug-likeness (QED) is 0.530. The first-order valence-electron chi connectivity index (χ1n) is 8.01. The van der Waals surface area contributed by atoms with Gasteiger partial charge in [-0.15, -0.1) is 0 Å². The van der Waals surface area contributed by atoms with E-state index in [-0.39, 0.29) is 29.1 Å². The third kappa shape index (κ3) is 7.75. The average Bonchev–Trinajstić information content (AvgIpc) is 2.65. The summed E-state index contributed by atoms with van der Waals surface area (Å²) in [6, 6.07) is 12.5. The Hall–Kier alpha value is -2.94. The van der Waals surface area contributed by atoms with E-state index in [0.29, 0.717) is 11.3 Å². The van der Waals surface area contributed by atoms with Crippen molar-refractivity contribution in [3.05, 3.63) is 65.7 Å². The van der Waals surface area contributed by atoms with Crippen LogP contribution in [0, 0.1) is 0 Å². The maximum absolute atomic E-state index is 12.3. The number of anilines is 1. The van der Waals surface area contributed by atoms with Gasteiger partial charge in [0.15, 0.2) is 0 Å². The molecule has 2 aromatic rings. The predicted molar refractivity (Wildman–Crippen MR) is 102 cm³/mol. The molecule has 0 aliphatic carbocycles. The predicted octanol–water partition coefficient (Wildman–Crippen LogP) is 4.81. The molecular weight excluding hydrogens is 393 g/mol. The van der Waals surface area contributed by atoms with Gasteiger partial charge in [0.05, 0.1) is 7.11 Å². The Balaban J connectivity index is 1.82. The topological polar surface area (TPSA) is 67.4 Å². The van der Waals surface area contributed by atoms with Crippen LogP contribution in [0.4, 0.5) is 23.7 Å². The van der Waals surface area contributed by atoms with Crippen molar-refractivity contribution in [2.75, 3.05) is 12.4 Å². The number of alkyl halides is 3. The number of methoxy groups -OCH3 is 1. The average molecular weight is 410 g/mol. The second-order valence-electron chi connectivity index (χ2n) is 5.48. The summed E-state index contributed by atoms with van der Waals surface area (Å²) >= 11 is -0.189. The van der Waals surface area contributed by atoms with Gasteiger partial charge in [-0.05, 0) is 53.2 Å². The van der Waals surface area contributed by atoms with Crippen LogP contribution < -0.4 is 10.6 Å². The number of hydrogen-bond acceptors (Lipinski definition) is 4. The van der Waals surface area contributed by atoms with E-state index in [4.69, 9.17) is 0 Å². The minimum atomic E-state index is -4.33. The summed E-state index contributed by atoms with van der Waals surface area (Å²) < 4.78 is 41.3. The van der Waals surface area contributed by atoms with Gasteiger partial charge in [0, 0.05) is 23.2 Å². The number of halogens is 3. The number of thioether (sulfide) groups is 1. The summed E-state index contributed by atoms with van der Waals surface area (Å²) in [6.45, 7) is 0.281. The molecule has 0 heterocycles. The molecule has 0 bridgehead atoms. The van der Waals surface area contributed by atoms with Gasteiger partial charge in [0.25, 0.3) is 0 Å². The number of hydrogen-bond donors (Lipinski definition) is 2. The Labute approximate surface area is 164 Å². The van der Waals surface area contributed by atoms with Crippen LogP contribution in [-0.2, 0) is 16.1 Å². The molecular formula is C19H17F3N2O3S. The largest absolute Gasteiger partial charge is 0.453 e. The van der Waals surface area contributed by atoms with E-state index in [0.717, 1.165) is 5.56 Å². The number of benzene rings is 2. The third-order valence-electron chi connectivity index (χ3n) is 3.39. The van der Waals surface area contributed by atoms with Crippen molar-refractivity contribution >= 4 is 35.5 Å². The number of ether oxygens (including phenoxy) is 1. The Morgan fingerprint density at radius 2 is 1.71 bits per heavy atom.